The minimum atomic E-state index is -0.470. The van der Waals surface area contributed by atoms with E-state index in [4.69, 9.17) is 10.9 Å². The van der Waals surface area contributed by atoms with Gasteiger partial charge in [-0.3, -0.25) is 9.48 Å². The van der Waals surface area contributed by atoms with Crippen molar-refractivity contribution < 1.29 is 10.0 Å². The van der Waals surface area contributed by atoms with Crippen LogP contribution < -0.4 is 11.1 Å². The Morgan fingerprint density at radius 1 is 1.72 bits per heavy atom. The summed E-state index contributed by atoms with van der Waals surface area (Å²) in [5.74, 6) is -0.285. The summed E-state index contributed by atoms with van der Waals surface area (Å²) in [4.78, 5) is 12.0. The van der Waals surface area contributed by atoms with Crippen molar-refractivity contribution in [3.63, 3.8) is 0 Å². The molecular weight excluding hydrogens is 234 g/mol. The number of nitrogens with one attached hydrogen (secondary N) is 1. The molecule has 0 saturated carbocycles. The molecule has 0 spiro atoms. The smallest absolute Gasteiger partial charge is 0.270 e. The summed E-state index contributed by atoms with van der Waals surface area (Å²) in [6.45, 7) is 3.77. The Hall–Kier alpha value is -2.05. The Morgan fingerprint density at radius 3 is 2.83 bits per heavy atom. The van der Waals surface area contributed by atoms with Gasteiger partial charge in [-0.1, -0.05) is 18.5 Å². The molecule has 0 aliphatic carbocycles. The highest BCUT2D eigenvalue weighted by Gasteiger charge is 2.19. The van der Waals surface area contributed by atoms with E-state index in [1.807, 2.05) is 13.8 Å². The van der Waals surface area contributed by atoms with Gasteiger partial charge in [0, 0.05) is 7.05 Å². The monoisotopic (exact) mass is 253 g/mol. The van der Waals surface area contributed by atoms with Crippen molar-refractivity contribution >= 4 is 11.7 Å². The first kappa shape index (κ1) is 14.0. The standard InChI is InChI=1S/C11H19N5O2/c1-4-5-8(10(12)15-18)13-11(17)9-6-7(2)14-16(9)3/h6,8,18H,4-5H2,1-3H3,(H2,12,15)(H,13,17). The normalized spacial score (nSPS) is 13.4. The molecule has 7 heteroatoms. The molecule has 1 unspecified atom stereocenters. The number of rotatable bonds is 5. The Labute approximate surface area is 106 Å². The van der Waals surface area contributed by atoms with Crippen molar-refractivity contribution in [1.29, 1.82) is 0 Å². The zero-order valence-electron chi connectivity index (χ0n) is 10.8. The van der Waals surface area contributed by atoms with Gasteiger partial charge in [-0.2, -0.15) is 5.10 Å². The lowest BCUT2D eigenvalue weighted by molar-refractivity contribution is 0.0935. The summed E-state index contributed by atoms with van der Waals surface area (Å²) >= 11 is 0. The quantitative estimate of drug-likeness (QED) is 0.305. The summed E-state index contributed by atoms with van der Waals surface area (Å²) in [5.41, 5.74) is 6.74. The van der Waals surface area contributed by atoms with Crippen LogP contribution in [0.15, 0.2) is 11.2 Å². The molecule has 1 rings (SSSR count). The summed E-state index contributed by atoms with van der Waals surface area (Å²) in [7, 11) is 1.69. The van der Waals surface area contributed by atoms with E-state index in [9.17, 15) is 4.79 Å². The molecule has 0 aliphatic heterocycles. The van der Waals surface area contributed by atoms with Gasteiger partial charge in [0.15, 0.2) is 5.84 Å². The molecule has 1 heterocycles. The predicted octanol–water partition coefficient (Wildman–Crippen LogP) is 0.373. The van der Waals surface area contributed by atoms with Crippen LogP contribution in [0.3, 0.4) is 0 Å². The minimum absolute atomic E-state index is 0.00379. The molecule has 1 amide bonds. The molecule has 0 fully saturated rings. The van der Waals surface area contributed by atoms with E-state index in [1.165, 1.54) is 4.68 Å². The molecule has 0 saturated heterocycles. The van der Waals surface area contributed by atoms with Crippen molar-refractivity contribution in [2.45, 2.75) is 32.7 Å². The van der Waals surface area contributed by atoms with Crippen molar-refractivity contribution in [2.24, 2.45) is 17.9 Å². The van der Waals surface area contributed by atoms with Gasteiger partial charge in [-0.15, -0.1) is 0 Å². The van der Waals surface area contributed by atoms with Crippen LogP contribution in [0.5, 0.6) is 0 Å². The topological polar surface area (TPSA) is 106 Å². The molecular formula is C11H19N5O2. The Kier molecular flexibility index (Phi) is 4.70. The largest absolute Gasteiger partial charge is 0.409 e. The summed E-state index contributed by atoms with van der Waals surface area (Å²) in [6, 6.07) is 1.22. The number of nitrogens with two attached hydrogens (primary N) is 1. The van der Waals surface area contributed by atoms with E-state index < -0.39 is 6.04 Å². The highest BCUT2D eigenvalue weighted by molar-refractivity contribution is 5.97. The molecule has 1 aromatic heterocycles. The maximum atomic E-state index is 12.0. The van der Waals surface area contributed by atoms with Gasteiger partial charge in [-0.05, 0) is 19.4 Å². The highest BCUT2D eigenvalue weighted by atomic mass is 16.4. The van der Waals surface area contributed by atoms with Crippen LogP contribution in [0, 0.1) is 6.92 Å². The Morgan fingerprint density at radius 2 is 2.39 bits per heavy atom. The summed E-state index contributed by atoms with van der Waals surface area (Å²) in [6.07, 6.45) is 1.42. The van der Waals surface area contributed by atoms with Gasteiger partial charge in [-0.25, -0.2) is 0 Å². The lowest BCUT2D eigenvalue weighted by Gasteiger charge is -2.16. The first-order valence-corrected chi connectivity index (χ1v) is 5.78. The second-order valence-electron chi connectivity index (χ2n) is 4.13. The van der Waals surface area contributed by atoms with Gasteiger partial charge in [0.05, 0.1) is 11.7 Å². The number of hydrogen-bond acceptors (Lipinski definition) is 4. The average molecular weight is 253 g/mol. The molecule has 18 heavy (non-hydrogen) atoms. The van der Waals surface area contributed by atoms with Crippen molar-refractivity contribution in [2.75, 3.05) is 0 Å². The molecule has 0 aliphatic rings. The number of aromatic nitrogens is 2. The summed E-state index contributed by atoms with van der Waals surface area (Å²) < 4.78 is 1.50. The number of amides is 1. The first-order valence-electron chi connectivity index (χ1n) is 5.78. The van der Waals surface area contributed by atoms with E-state index in [0.29, 0.717) is 12.1 Å². The van der Waals surface area contributed by atoms with Crippen LogP contribution in [0.2, 0.25) is 0 Å². The third kappa shape index (κ3) is 3.22. The third-order valence-electron chi connectivity index (χ3n) is 2.59. The molecule has 1 aromatic rings. The SMILES string of the molecule is CCCC(NC(=O)c1cc(C)nn1C)C(N)=NO. The molecule has 0 radical (unpaired) electrons. The van der Waals surface area contributed by atoms with E-state index >= 15 is 0 Å². The first-order chi connectivity index (χ1) is 8.49. The number of amidine groups is 1. The number of carbonyl (C=O) groups is 1. The van der Waals surface area contributed by atoms with Crippen LogP contribution >= 0.6 is 0 Å². The second-order valence-corrected chi connectivity index (χ2v) is 4.13. The second kappa shape index (κ2) is 6.04. The molecule has 0 aromatic carbocycles. The van der Waals surface area contributed by atoms with Gasteiger partial charge >= 0.3 is 0 Å². The maximum absolute atomic E-state index is 12.0. The molecule has 100 valence electrons. The Balaban J connectivity index is 2.81. The van der Waals surface area contributed by atoms with Crippen LogP contribution in [-0.4, -0.2) is 32.8 Å². The van der Waals surface area contributed by atoms with Gasteiger partial charge < -0.3 is 16.3 Å². The number of nitrogens with zero attached hydrogens (tertiary/aromatic N) is 3. The van der Waals surface area contributed by atoms with Crippen molar-refractivity contribution in [3.05, 3.63) is 17.5 Å². The van der Waals surface area contributed by atoms with Crippen LogP contribution in [0.4, 0.5) is 0 Å². The average Bonchev–Trinajstić information content (AvgIpc) is 2.67. The van der Waals surface area contributed by atoms with E-state index in [0.717, 1.165) is 12.1 Å². The van der Waals surface area contributed by atoms with E-state index in [1.54, 1.807) is 13.1 Å². The lowest BCUT2D eigenvalue weighted by atomic mass is 10.1. The van der Waals surface area contributed by atoms with Crippen molar-refractivity contribution in [3.8, 4) is 0 Å². The zero-order valence-corrected chi connectivity index (χ0v) is 10.8. The maximum Gasteiger partial charge on any atom is 0.270 e. The number of carbonyl (C=O) groups excluding carboxylic acids is 1. The predicted molar refractivity (Wildman–Crippen MR) is 67.5 cm³/mol. The third-order valence-corrected chi connectivity index (χ3v) is 2.59. The molecule has 0 bridgehead atoms. The number of hydrogen-bond donors (Lipinski definition) is 3. The fourth-order valence-electron chi connectivity index (χ4n) is 1.71. The Bertz CT molecular complexity index is 452. The van der Waals surface area contributed by atoms with Gasteiger partial charge in [0.2, 0.25) is 0 Å². The van der Waals surface area contributed by atoms with E-state index in [2.05, 4.69) is 15.6 Å². The van der Waals surface area contributed by atoms with Crippen LogP contribution in [-0.2, 0) is 7.05 Å². The van der Waals surface area contributed by atoms with Crippen molar-refractivity contribution in [1.82, 2.24) is 15.1 Å². The summed E-state index contributed by atoms with van der Waals surface area (Å²) in [5, 5.41) is 18.4. The van der Waals surface area contributed by atoms with Gasteiger partial charge in [0.25, 0.3) is 5.91 Å². The van der Waals surface area contributed by atoms with Crippen LogP contribution in [0.25, 0.3) is 0 Å². The zero-order chi connectivity index (χ0) is 13.7. The fourth-order valence-corrected chi connectivity index (χ4v) is 1.71. The number of oxime groups is 1. The number of aryl methyl sites for hydroxylation is 2. The lowest BCUT2D eigenvalue weighted by Crippen LogP contribution is -2.45. The highest BCUT2D eigenvalue weighted by Crippen LogP contribution is 2.04. The van der Waals surface area contributed by atoms with E-state index in [-0.39, 0.29) is 11.7 Å². The van der Waals surface area contributed by atoms with Crippen LogP contribution in [0.1, 0.15) is 35.9 Å². The molecule has 4 N–H and O–H groups in total. The molecule has 7 nitrogen and oxygen atoms in total. The minimum Gasteiger partial charge on any atom is -0.409 e. The molecule has 1 atom stereocenters. The fraction of sp³-hybridized carbons (Fsp3) is 0.545. The van der Waals surface area contributed by atoms with Gasteiger partial charge in [0.1, 0.15) is 5.69 Å².